The normalized spacial score (nSPS) is 12.9. The van der Waals surface area contributed by atoms with Crippen LogP contribution in [-0.2, 0) is 14.4 Å². The molecule has 0 aliphatic carbocycles. The van der Waals surface area contributed by atoms with E-state index in [0.29, 0.717) is 17.6 Å². The second-order valence-electron chi connectivity index (χ2n) is 13.5. The first-order chi connectivity index (χ1) is 19.5. The molecule has 1 atom stereocenters. The third-order valence-electron chi connectivity index (χ3n) is 8.44. The summed E-state index contributed by atoms with van der Waals surface area (Å²) in [6, 6.07) is -1.01. The molecule has 0 saturated carbocycles. The van der Waals surface area contributed by atoms with Crippen molar-refractivity contribution in [1.82, 2.24) is 0 Å². The number of quaternary nitrogens is 2. The number of carbonyl (C=O) groups is 3. The van der Waals surface area contributed by atoms with Gasteiger partial charge in [0.15, 0.2) is 12.6 Å². The highest BCUT2D eigenvalue weighted by atomic mass is 16.4. The smallest absolute Gasteiger partial charge is 0.369 e. The van der Waals surface area contributed by atoms with E-state index in [-0.39, 0.29) is 29.8 Å². The Morgan fingerprint density at radius 1 is 0.561 bits per heavy atom. The van der Waals surface area contributed by atoms with Gasteiger partial charge in [-0.2, -0.15) is 0 Å². The monoisotopic (exact) mass is 585 g/mol. The Hall–Kier alpha value is -1.47. The van der Waals surface area contributed by atoms with Crippen LogP contribution in [0.1, 0.15) is 155 Å². The van der Waals surface area contributed by atoms with Gasteiger partial charge in [0.2, 0.25) is 0 Å². The molecule has 7 nitrogen and oxygen atoms in total. The van der Waals surface area contributed by atoms with E-state index < -0.39 is 18.0 Å². The van der Waals surface area contributed by atoms with Crippen LogP contribution >= 0.6 is 0 Å². The second-order valence-corrected chi connectivity index (χ2v) is 13.5. The highest BCUT2D eigenvalue weighted by molar-refractivity contribution is 5.79. The first-order valence-corrected chi connectivity index (χ1v) is 17.1. The summed E-state index contributed by atoms with van der Waals surface area (Å²) >= 11 is 0. The van der Waals surface area contributed by atoms with Gasteiger partial charge in [0.05, 0.1) is 40.7 Å². The van der Waals surface area contributed by atoms with Gasteiger partial charge < -0.3 is 14.7 Å². The van der Waals surface area contributed by atoms with Crippen molar-refractivity contribution in [1.29, 1.82) is 0 Å². The Balaban J connectivity index is 5.37. The van der Waals surface area contributed by atoms with Crippen molar-refractivity contribution in [3.63, 3.8) is 0 Å². The number of likely N-dealkylation sites (N-methyl/N-ethyl adjacent to an activating group) is 1. The molecule has 41 heavy (non-hydrogen) atoms. The summed E-state index contributed by atoms with van der Waals surface area (Å²) in [7, 11) is 5.88. The van der Waals surface area contributed by atoms with E-state index >= 15 is 0 Å². The molecule has 7 heteroatoms. The maximum absolute atomic E-state index is 14.0. The third-order valence-corrected chi connectivity index (χ3v) is 8.44. The van der Waals surface area contributed by atoms with Crippen molar-refractivity contribution in [3.05, 3.63) is 0 Å². The highest BCUT2D eigenvalue weighted by Crippen LogP contribution is 2.25. The summed E-state index contributed by atoms with van der Waals surface area (Å²) in [5, 5.41) is 19.7. The fraction of sp³-hybridized carbons (Fsp3) is 0.912. The van der Waals surface area contributed by atoms with Crippen LogP contribution in [0.4, 0.5) is 0 Å². The summed E-state index contributed by atoms with van der Waals surface area (Å²) in [6.07, 6.45) is 23.3. The minimum absolute atomic E-state index is 0.0108. The maximum Gasteiger partial charge on any atom is 0.369 e. The van der Waals surface area contributed by atoms with Gasteiger partial charge in [0, 0.05) is 6.42 Å². The molecule has 0 unspecified atom stereocenters. The standard InChI is InChI=1S/C34H66N2O5/c1-6-8-10-12-14-16-18-20-22-24-28-36(32(37)30-35(3,4)5,31(34(40)41)26-27-33(38)39)29-25-23-21-19-17-15-13-11-9-7-2/h31H,6-30H2,1-5H3/p+2/t31-/m1/s1. The number of carboxylic acids is 2. The Labute approximate surface area is 253 Å². The predicted octanol–water partition coefficient (Wildman–Crippen LogP) is 8.20. The first kappa shape index (κ1) is 39.5. The topological polar surface area (TPSA) is 91.7 Å². The lowest BCUT2D eigenvalue weighted by molar-refractivity contribution is -0.906. The van der Waals surface area contributed by atoms with Crippen LogP contribution in [0.15, 0.2) is 0 Å². The zero-order valence-corrected chi connectivity index (χ0v) is 27.8. The van der Waals surface area contributed by atoms with E-state index in [9.17, 15) is 24.6 Å². The molecule has 242 valence electrons. The molecule has 0 aromatic rings. The van der Waals surface area contributed by atoms with Crippen molar-refractivity contribution in [2.75, 3.05) is 40.8 Å². The number of carbonyl (C=O) groups excluding carboxylic acids is 1. The van der Waals surface area contributed by atoms with E-state index in [1.165, 1.54) is 89.9 Å². The van der Waals surface area contributed by atoms with Gasteiger partial charge in [-0.3, -0.25) is 4.79 Å². The van der Waals surface area contributed by atoms with Gasteiger partial charge in [0.1, 0.15) is 0 Å². The summed E-state index contributed by atoms with van der Waals surface area (Å²) in [4.78, 5) is 38.1. The number of nitrogens with zero attached hydrogens (tertiary/aromatic N) is 2. The molecule has 0 aromatic heterocycles. The number of rotatable bonds is 29. The number of unbranched alkanes of at least 4 members (excludes halogenated alkanes) is 18. The minimum atomic E-state index is -1.04. The second kappa shape index (κ2) is 24.0. The lowest BCUT2D eigenvalue weighted by Crippen LogP contribution is -2.66. The van der Waals surface area contributed by atoms with E-state index in [1.807, 2.05) is 21.1 Å². The van der Waals surface area contributed by atoms with Gasteiger partial charge in [0.25, 0.3) is 0 Å². The molecule has 0 aromatic carbocycles. The molecule has 0 spiro atoms. The van der Waals surface area contributed by atoms with Crippen molar-refractivity contribution < 1.29 is 33.6 Å². The molecular formula is C34H68N2O5+2. The molecule has 1 amide bonds. The van der Waals surface area contributed by atoms with Crippen LogP contribution in [0.5, 0.6) is 0 Å². The summed E-state index contributed by atoms with van der Waals surface area (Å²) < 4.78 is 0.326. The van der Waals surface area contributed by atoms with Crippen LogP contribution < -0.4 is 0 Å². The lowest BCUT2D eigenvalue weighted by atomic mass is 10.0. The third kappa shape index (κ3) is 20.1. The fourth-order valence-electron chi connectivity index (χ4n) is 6.00. The molecule has 0 fully saturated rings. The molecule has 0 aliphatic heterocycles. The number of aliphatic carboxylic acids is 2. The summed E-state index contributed by atoms with van der Waals surface area (Å²) in [5.74, 6) is -2.10. The Kier molecular flexibility index (Phi) is 23.2. The lowest BCUT2D eigenvalue weighted by Gasteiger charge is -2.42. The highest BCUT2D eigenvalue weighted by Gasteiger charge is 2.49. The van der Waals surface area contributed by atoms with Crippen LogP contribution in [0.2, 0.25) is 0 Å². The quantitative estimate of drug-likeness (QED) is 0.0683. The molecule has 2 N–H and O–H groups in total. The van der Waals surface area contributed by atoms with Crippen molar-refractivity contribution >= 4 is 17.8 Å². The molecule has 0 radical (unpaired) electrons. The summed E-state index contributed by atoms with van der Waals surface area (Å²) in [5.41, 5.74) is 0. The Morgan fingerprint density at radius 3 is 1.20 bits per heavy atom. The van der Waals surface area contributed by atoms with Crippen LogP contribution in [0.25, 0.3) is 0 Å². The van der Waals surface area contributed by atoms with Crippen LogP contribution in [0.3, 0.4) is 0 Å². The van der Waals surface area contributed by atoms with E-state index in [2.05, 4.69) is 13.8 Å². The SMILES string of the molecule is CCCCCCCCCCCC[N+](CCCCCCCCCCCC)(C(=O)C[N+](C)(C)C)[C@H](CCC(=O)O)C(=O)O. The molecule has 0 heterocycles. The van der Waals surface area contributed by atoms with Crippen molar-refractivity contribution in [3.8, 4) is 0 Å². The van der Waals surface area contributed by atoms with E-state index in [1.54, 1.807) is 0 Å². The van der Waals surface area contributed by atoms with Gasteiger partial charge in [-0.15, -0.1) is 0 Å². The molecule has 0 aliphatic rings. The predicted molar refractivity (Wildman–Crippen MR) is 170 cm³/mol. The zero-order valence-electron chi connectivity index (χ0n) is 27.8. The fourth-order valence-corrected chi connectivity index (χ4v) is 6.00. The molecule has 0 rings (SSSR count). The number of hydrogen-bond donors (Lipinski definition) is 2. The molecular weight excluding hydrogens is 516 g/mol. The molecule has 0 saturated heterocycles. The zero-order chi connectivity index (χ0) is 31.0. The number of carboxylic acid groups (broad SMARTS) is 2. The Bertz CT molecular complexity index is 665. The minimum Gasteiger partial charge on any atom is -0.481 e. The number of amides is 1. The summed E-state index contributed by atoms with van der Waals surface area (Å²) in [6.45, 7) is 5.69. The van der Waals surface area contributed by atoms with Gasteiger partial charge in [-0.1, -0.05) is 117 Å². The van der Waals surface area contributed by atoms with E-state index in [4.69, 9.17) is 0 Å². The van der Waals surface area contributed by atoms with Crippen molar-refractivity contribution in [2.45, 2.75) is 161 Å². The van der Waals surface area contributed by atoms with Crippen LogP contribution in [-0.4, -0.2) is 83.8 Å². The van der Waals surface area contributed by atoms with Crippen LogP contribution in [0, 0.1) is 0 Å². The largest absolute Gasteiger partial charge is 0.481 e. The maximum atomic E-state index is 14.0. The Morgan fingerprint density at radius 2 is 0.902 bits per heavy atom. The first-order valence-electron chi connectivity index (χ1n) is 17.1. The van der Waals surface area contributed by atoms with Gasteiger partial charge in [-0.05, 0) is 25.7 Å². The average Bonchev–Trinajstić information content (AvgIpc) is 2.89. The van der Waals surface area contributed by atoms with Gasteiger partial charge >= 0.3 is 17.8 Å². The van der Waals surface area contributed by atoms with Crippen molar-refractivity contribution in [2.24, 2.45) is 0 Å². The average molecular weight is 585 g/mol. The molecule has 0 bridgehead atoms. The van der Waals surface area contributed by atoms with E-state index in [0.717, 1.165) is 38.5 Å². The number of hydrogen-bond acceptors (Lipinski definition) is 3. The van der Waals surface area contributed by atoms with Gasteiger partial charge in [-0.25, -0.2) is 14.1 Å².